The number of phenolic OH excluding ortho intramolecular Hbond substituents is 1. The van der Waals surface area contributed by atoms with Crippen molar-refractivity contribution in [2.24, 2.45) is 0 Å². The predicted molar refractivity (Wildman–Crippen MR) is 78.8 cm³/mol. The molecule has 0 bridgehead atoms. The first-order valence-electron chi connectivity index (χ1n) is 7.00. The van der Waals surface area contributed by atoms with E-state index in [9.17, 15) is 5.11 Å². The van der Waals surface area contributed by atoms with E-state index in [0.717, 1.165) is 36.5 Å². The maximum atomic E-state index is 9.58. The van der Waals surface area contributed by atoms with Gasteiger partial charge in [-0.15, -0.1) is 0 Å². The van der Waals surface area contributed by atoms with Crippen molar-refractivity contribution < 1.29 is 5.11 Å². The normalized spacial score (nSPS) is 18.4. The SMILES string of the molecule is Cc1nc(-c2cccc(O)c2)nc(C)c1C1CCNC1. The minimum Gasteiger partial charge on any atom is -0.508 e. The van der Waals surface area contributed by atoms with Gasteiger partial charge in [-0.3, -0.25) is 0 Å². The number of rotatable bonds is 2. The van der Waals surface area contributed by atoms with Gasteiger partial charge in [-0.25, -0.2) is 9.97 Å². The molecule has 0 radical (unpaired) electrons. The van der Waals surface area contributed by atoms with Gasteiger partial charge in [0.05, 0.1) is 0 Å². The number of nitrogens with one attached hydrogen (secondary N) is 1. The summed E-state index contributed by atoms with van der Waals surface area (Å²) in [4.78, 5) is 9.28. The molecule has 1 unspecified atom stereocenters. The number of benzene rings is 1. The number of nitrogens with zero attached hydrogens (tertiary/aromatic N) is 2. The molecule has 1 aromatic heterocycles. The smallest absolute Gasteiger partial charge is 0.159 e. The average molecular weight is 269 g/mol. The summed E-state index contributed by atoms with van der Waals surface area (Å²) in [5.74, 6) is 1.45. The fraction of sp³-hybridized carbons (Fsp3) is 0.375. The highest BCUT2D eigenvalue weighted by Gasteiger charge is 2.22. The van der Waals surface area contributed by atoms with E-state index in [4.69, 9.17) is 0 Å². The Hall–Kier alpha value is -1.94. The van der Waals surface area contributed by atoms with Gasteiger partial charge >= 0.3 is 0 Å². The molecule has 1 saturated heterocycles. The van der Waals surface area contributed by atoms with Crippen molar-refractivity contribution in [1.29, 1.82) is 0 Å². The molecular formula is C16H19N3O. The van der Waals surface area contributed by atoms with E-state index in [2.05, 4.69) is 29.1 Å². The van der Waals surface area contributed by atoms with Crippen molar-refractivity contribution in [3.8, 4) is 17.1 Å². The predicted octanol–water partition coefficient (Wildman–Crippen LogP) is 2.54. The van der Waals surface area contributed by atoms with E-state index < -0.39 is 0 Å². The first kappa shape index (κ1) is 13.1. The summed E-state index contributed by atoms with van der Waals surface area (Å²) in [6, 6.07) is 7.09. The van der Waals surface area contributed by atoms with Gasteiger partial charge in [-0.1, -0.05) is 12.1 Å². The fourth-order valence-corrected chi connectivity index (χ4v) is 2.99. The molecule has 1 fully saturated rings. The Morgan fingerprint density at radius 2 is 1.95 bits per heavy atom. The lowest BCUT2D eigenvalue weighted by atomic mass is 9.95. The van der Waals surface area contributed by atoms with Gasteiger partial charge in [0, 0.05) is 29.4 Å². The zero-order valence-electron chi connectivity index (χ0n) is 11.8. The second-order valence-electron chi connectivity index (χ2n) is 5.37. The maximum absolute atomic E-state index is 9.58. The minimum atomic E-state index is 0.241. The van der Waals surface area contributed by atoms with Crippen LogP contribution in [-0.4, -0.2) is 28.2 Å². The van der Waals surface area contributed by atoms with Gasteiger partial charge in [-0.2, -0.15) is 0 Å². The van der Waals surface area contributed by atoms with Crippen molar-refractivity contribution in [3.63, 3.8) is 0 Å². The maximum Gasteiger partial charge on any atom is 0.159 e. The number of aryl methyl sites for hydroxylation is 2. The van der Waals surface area contributed by atoms with Crippen LogP contribution in [0.1, 0.15) is 29.3 Å². The summed E-state index contributed by atoms with van der Waals surface area (Å²) in [6.45, 7) is 6.18. The molecule has 4 heteroatoms. The Labute approximate surface area is 118 Å². The van der Waals surface area contributed by atoms with Gasteiger partial charge in [0.15, 0.2) is 5.82 Å². The van der Waals surface area contributed by atoms with Crippen molar-refractivity contribution in [3.05, 3.63) is 41.2 Å². The Bertz CT molecular complexity index is 610. The number of hydrogen-bond donors (Lipinski definition) is 2. The van der Waals surface area contributed by atoms with Crippen LogP contribution in [0.2, 0.25) is 0 Å². The number of hydrogen-bond acceptors (Lipinski definition) is 4. The molecule has 0 amide bonds. The van der Waals surface area contributed by atoms with E-state index in [1.165, 1.54) is 5.56 Å². The Morgan fingerprint density at radius 1 is 1.20 bits per heavy atom. The third kappa shape index (κ3) is 2.39. The fourth-order valence-electron chi connectivity index (χ4n) is 2.99. The lowest BCUT2D eigenvalue weighted by Crippen LogP contribution is -2.12. The van der Waals surface area contributed by atoms with Crippen LogP contribution in [0.4, 0.5) is 0 Å². The lowest BCUT2D eigenvalue weighted by Gasteiger charge is -2.15. The quantitative estimate of drug-likeness (QED) is 0.879. The summed E-state index contributed by atoms with van der Waals surface area (Å²) in [5, 5.41) is 13.0. The molecule has 0 spiro atoms. The Kier molecular flexibility index (Phi) is 3.40. The standard InChI is InChI=1S/C16H19N3O/c1-10-15(13-6-7-17-9-13)11(2)19-16(18-10)12-4-3-5-14(20)8-12/h3-5,8,13,17,20H,6-7,9H2,1-2H3. The molecular weight excluding hydrogens is 250 g/mol. The zero-order valence-corrected chi connectivity index (χ0v) is 11.8. The Balaban J connectivity index is 2.03. The first-order valence-corrected chi connectivity index (χ1v) is 7.00. The van der Waals surface area contributed by atoms with Gasteiger partial charge in [-0.05, 0) is 44.5 Å². The molecule has 1 atom stereocenters. The van der Waals surface area contributed by atoms with Crippen LogP contribution < -0.4 is 5.32 Å². The van der Waals surface area contributed by atoms with E-state index in [0.29, 0.717) is 11.7 Å². The van der Waals surface area contributed by atoms with Gasteiger partial charge in [0.25, 0.3) is 0 Å². The highest BCUT2D eigenvalue weighted by Crippen LogP contribution is 2.29. The Morgan fingerprint density at radius 3 is 2.55 bits per heavy atom. The second kappa shape index (κ2) is 5.21. The van der Waals surface area contributed by atoms with Crippen LogP contribution in [0.25, 0.3) is 11.4 Å². The van der Waals surface area contributed by atoms with Crippen molar-refractivity contribution in [2.75, 3.05) is 13.1 Å². The van der Waals surface area contributed by atoms with E-state index in [-0.39, 0.29) is 5.75 Å². The molecule has 1 aliphatic rings. The van der Waals surface area contributed by atoms with Gasteiger partial charge < -0.3 is 10.4 Å². The molecule has 0 aliphatic carbocycles. The first-order chi connectivity index (χ1) is 9.65. The minimum absolute atomic E-state index is 0.241. The molecule has 3 rings (SSSR count). The second-order valence-corrected chi connectivity index (χ2v) is 5.37. The van der Waals surface area contributed by atoms with Crippen LogP contribution in [0.3, 0.4) is 0 Å². The highest BCUT2D eigenvalue weighted by atomic mass is 16.3. The monoisotopic (exact) mass is 269 g/mol. The highest BCUT2D eigenvalue weighted by molar-refractivity contribution is 5.58. The largest absolute Gasteiger partial charge is 0.508 e. The summed E-state index contributed by atoms with van der Waals surface area (Å²) in [7, 11) is 0. The molecule has 4 nitrogen and oxygen atoms in total. The number of aromatic hydroxyl groups is 1. The zero-order chi connectivity index (χ0) is 14.1. The van der Waals surface area contributed by atoms with Crippen LogP contribution >= 0.6 is 0 Å². The van der Waals surface area contributed by atoms with Gasteiger partial charge in [0.1, 0.15) is 5.75 Å². The summed E-state index contributed by atoms with van der Waals surface area (Å²) in [5.41, 5.74) is 4.22. The van der Waals surface area contributed by atoms with E-state index in [1.807, 2.05) is 12.1 Å². The molecule has 2 heterocycles. The molecule has 20 heavy (non-hydrogen) atoms. The number of aromatic nitrogens is 2. The van der Waals surface area contributed by atoms with Crippen molar-refractivity contribution in [2.45, 2.75) is 26.2 Å². The molecule has 2 aromatic rings. The van der Waals surface area contributed by atoms with Crippen LogP contribution in [-0.2, 0) is 0 Å². The topological polar surface area (TPSA) is 58.0 Å². The number of phenols is 1. The van der Waals surface area contributed by atoms with E-state index >= 15 is 0 Å². The van der Waals surface area contributed by atoms with Crippen LogP contribution in [0.15, 0.2) is 24.3 Å². The van der Waals surface area contributed by atoms with Crippen molar-refractivity contribution >= 4 is 0 Å². The molecule has 0 saturated carbocycles. The van der Waals surface area contributed by atoms with Gasteiger partial charge in [0.2, 0.25) is 0 Å². The van der Waals surface area contributed by atoms with Crippen LogP contribution in [0.5, 0.6) is 5.75 Å². The molecule has 1 aliphatic heterocycles. The summed E-state index contributed by atoms with van der Waals surface area (Å²) < 4.78 is 0. The van der Waals surface area contributed by atoms with E-state index in [1.54, 1.807) is 12.1 Å². The lowest BCUT2D eigenvalue weighted by molar-refractivity contribution is 0.475. The summed E-state index contributed by atoms with van der Waals surface area (Å²) >= 11 is 0. The third-order valence-electron chi connectivity index (χ3n) is 3.90. The van der Waals surface area contributed by atoms with Crippen molar-refractivity contribution in [1.82, 2.24) is 15.3 Å². The molecule has 2 N–H and O–H groups in total. The third-order valence-corrected chi connectivity index (χ3v) is 3.90. The molecule has 1 aromatic carbocycles. The average Bonchev–Trinajstić information content (AvgIpc) is 2.91. The molecule has 104 valence electrons. The summed E-state index contributed by atoms with van der Waals surface area (Å²) in [6.07, 6.45) is 1.15. The van der Waals surface area contributed by atoms with Crippen LogP contribution in [0, 0.1) is 13.8 Å².